The number of H-pyrrole nitrogens is 1. The summed E-state index contributed by atoms with van der Waals surface area (Å²) in [5, 5.41) is 0. The zero-order chi connectivity index (χ0) is 19.5. The smallest absolute Gasteiger partial charge is 0.247 e. The summed E-state index contributed by atoms with van der Waals surface area (Å²) in [6.45, 7) is 0. The number of nitrogens with one attached hydrogen (secondary N) is 1. The molecule has 0 aliphatic heterocycles. The van der Waals surface area contributed by atoms with Gasteiger partial charge < -0.3 is 4.98 Å². The largest absolute Gasteiger partial charge is 0.329 e. The van der Waals surface area contributed by atoms with Crippen LogP contribution in [0.15, 0.2) is 89.9 Å². The lowest BCUT2D eigenvalue weighted by Crippen LogP contribution is -2.04. The van der Waals surface area contributed by atoms with Gasteiger partial charge in [-0.05, 0) is 64.1 Å². The summed E-state index contributed by atoms with van der Waals surface area (Å²) in [4.78, 5) is 14.0. The van der Waals surface area contributed by atoms with Gasteiger partial charge in [-0.15, -0.1) is 0 Å². The van der Waals surface area contributed by atoms with E-state index in [2.05, 4.69) is 4.98 Å². The molecule has 0 aliphatic rings. The molecule has 1 heterocycles. The summed E-state index contributed by atoms with van der Waals surface area (Å²) in [5.74, 6) is -0.596. The molecule has 0 saturated heterocycles. The van der Waals surface area contributed by atoms with E-state index in [0.717, 1.165) is 33.4 Å². The molecule has 1 N–H and O–H groups in total. The van der Waals surface area contributed by atoms with Crippen LogP contribution < -0.4 is 5.56 Å². The minimum atomic E-state index is -0.301. The summed E-state index contributed by atoms with van der Waals surface area (Å²) >= 11 is 0. The fraction of sp³-hybridized carbons (Fsp3) is 0.0417. The summed E-state index contributed by atoms with van der Waals surface area (Å²) in [5.41, 5.74) is 5.49. The highest BCUT2D eigenvalue weighted by Gasteiger charge is 2.13. The van der Waals surface area contributed by atoms with Crippen LogP contribution in [0.2, 0.25) is 0 Å². The normalized spacial score (nSPS) is 10.8. The Bertz CT molecular complexity index is 1140. The molecule has 28 heavy (non-hydrogen) atoms. The van der Waals surface area contributed by atoms with Crippen molar-refractivity contribution in [2.75, 3.05) is 0 Å². The van der Waals surface area contributed by atoms with Crippen molar-refractivity contribution in [1.29, 1.82) is 0 Å². The van der Waals surface area contributed by atoms with Crippen LogP contribution >= 0.6 is 0 Å². The van der Waals surface area contributed by atoms with Gasteiger partial charge in [0.1, 0.15) is 11.6 Å². The second kappa shape index (κ2) is 7.61. The summed E-state index contributed by atoms with van der Waals surface area (Å²) in [6, 6.07) is 21.9. The Kier molecular flexibility index (Phi) is 4.85. The highest BCUT2D eigenvalue weighted by molar-refractivity contribution is 5.86. The Labute approximate surface area is 161 Å². The molecule has 0 fully saturated rings. The number of hydrogen-bond donors (Lipinski definition) is 1. The molecular formula is C24H17F2NO. The molecule has 0 aliphatic carbocycles. The number of halogens is 2. The average Bonchev–Trinajstić information content (AvgIpc) is 2.71. The molecule has 4 rings (SSSR count). The van der Waals surface area contributed by atoms with E-state index >= 15 is 0 Å². The third-order valence-corrected chi connectivity index (χ3v) is 4.68. The van der Waals surface area contributed by atoms with Crippen molar-refractivity contribution >= 4 is 0 Å². The van der Waals surface area contributed by atoms with Gasteiger partial charge in [-0.25, -0.2) is 8.78 Å². The maximum Gasteiger partial charge on any atom is 0.247 e. The first-order valence-corrected chi connectivity index (χ1v) is 8.91. The van der Waals surface area contributed by atoms with Crippen LogP contribution in [0.5, 0.6) is 0 Å². The number of aromatic amines is 1. The van der Waals surface area contributed by atoms with Crippen molar-refractivity contribution in [2.45, 2.75) is 6.42 Å². The quantitative estimate of drug-likeness (QED) is 0.498. The van der Waals surface area contributed by atoms with Gasteiger partial charge in [-0.3, -0.25) is 4.79 Å². The average molecular weight is 373 g/mol. The molecule has 0 spiro atoms. The van der Waals surface area contributed by atoms with Crippen LogP contribution in [0.25, 0.3) is 22.3 Å². The Balaban J connectivity index is 1.88. The fourth-order valence-electron chi connectivity index (χ4n) is 3.35. The lowest BCUT2D eigenvalue weighted by molar-refractivity contribution is 0.627. The lowest BCUT2D eigenvalue weighted by Gasteiger charge is -2.16. The predicted octanol–water partition coefficient (Wildman–Crippen LogP) is 5.58. The molecule has 4 aromatic rings. The number of aromatic nitrogens is 1. The van der Waals surface area contributed by atoms with E-state index in [1.54, 1.807) is 36.5 Å². The Morgan fingerprint density at radius 3 is 1.96 bits per heavy atom. The van der Waals surface area contributed by atoms with Gasteiger partial charge in [0.15, 0.2) is 0 Å². The maximum absolute atomic E-state index is 13.5. The molecule has 4 heteroatoms. The maximum atomic E-state index is 13.5. The van der Waals surface area contributed by atoms with Gasteiger partial charge in [-0.1, -0.05) is 48.5 Å². The number of pyridine rings is 1. The summed E-state index contributed by atoms with van der Waals surface area (Å²) in [6.07, 6.45) is 2.29. The Morgan fingerprint density at radius 2 is 1.36 bits per heavy atom. The first kappa shape index (κ1) is 17.9. The van der Waals surface area contributed by atoms with Crippen molar-refractivity contribution in [3.8, 4) is 22.3 Å². The number of hydrogen-bond acceptors (Lipinski definition) is 1. The first-order chi connectivity index (χ1) is 13.6. The lowest BCUT2D eigenvalue weighted by atomic mass is 9.88. The highest BCUT2D eigenvalue weighted by atomic mass is 19.1. The molecular weight excluding hydrogens is 356 g/mol. The van der Waals surface area contributed by atoms with Gasteiger partial charge in [0, 0.05) is 12.3 Å². The second-order valence-corrected chi connectivity index (χ2v) is 6.59. The van der Waals surface area contributed by atoms with Crippen LogP contribution in [-0.4, -0.2) is 4.98 Å². The molecule has 0 unspecified atom stereocenters. The van der Waals surface area contributed by atoms with Crippen molar-refractivity contribution in [2.24, 2.45) is 0 Å². The fourth-order valence-corrected chi connectivity index (χ4v) is 3.35. The predicted molar refractivity (Wildman–Crippen MR) is 107 cm³/mol. The van der Waals surface area contributed by atoms with E-state index in [1.165, 1.54) is 30.3 Å². The van der Waals surface area contributed by atoms with Crippen molar-refractivity contribution in [3.63, 3.8) is 0 Å². The molecule has 0 amide bonds. The topological polar surface area (TPSA) is 32.9 Å². The summed E-state index contributed by atoms with van der Waals surface area (Å²) < 4.78 is 26.9. The third-order valence-electron chi connectivity index (χ3n) is 4.68. The first-order valence-electron chi connectivity index (χ1n) is 8.91. The van der Waals surface area contributed by atoms with E-state index < -0.39 is 0 Å². The highest BCUT2D eigenvalue weighted by Crippen LogP contribution is 2.36. The SMILES string of the molecule is O=c1ccc(Cc2cccc(-c3ccc(F)cc3)c2-c2ccc(F)cc2)c[nH]1. The van der Waals surface area contributed by atoms with Gasteiger partial charge in [0.05, 0.1) is 0 Å². The van der Waals surface area contributed by atoms with E-state index in [4.69, 9.17) is 0 Å². The number of benzene rings is 3. The second-order valence-electron chi connectivity index (χ2n) is 6.59. The van der Waals surface area contributed by atoms with Crippen LogP contribution in [0.3, 0.4) is 0 Å². The molecule has 138 valence electrons. The Hall–Kier alpha value is -3.53. The standard InChI is InChI=1S/C24H17F2NO/c25-20-9-5-17(6-10-20)22-3-1-2-19(14-16-4-13-23(28)27-15-16)24(22)18-7-11-21(26)12-8-18/h1-13,15H,14H2,(H,27,28). The summed E-state index contributed by atoms with van der Waals surface area (Å²) in [7, 11) is 0. The molecule has 0 radical (unpaired) electrons. The zero-order valence-corrected chi connectivity index (χ0v) is 15.0. The molecule has 1 aromatic heterocycles. The third kappa shape index (κ3) is 3.76. The van der Waals surface area contributed by atoms with Gasteiger partial charge >= 0.3 is 0 Å². The molecule has 3 aromatic carbocycles. The van der Waals surface area contributed by atoms with Crippen LogP contribution in [0.4, 0.5) is 8.78 Å². The van der Waals surface area contributed by atoms with Gasteiger partial charge in [-0.2, -0.15) is 0 Å². The minimum Gasteiger partial charge on any atom is -0.329 e. The van der Waals surface area contributed by atoms with Gasteiger partial charge in [0.25, 0.3) is 0 Å². The van der Waals surface area contributed by atoms with Crippen LogP contribution in [0, 0.1) is 11.6 Å². The van der Waals surface area contributed by atoms with E-state index in [-0.39, 0.29) is 17.2 Å². The van der Waals surface area contributed by atoms with Crippen LogP contribution in [0.1, 0.15) is 11.1 Å². The van der Waals surface area contributed by atoms with E-state index in [1.807, 2.05) is 18.2 Å². The zero-order valence-electron chi connectivity index (χ0n) is 15.0. The van der Waals surface area contributed by atoms with Crippen molar-refractivity contribution < 1.29 is 8.78 Å². The molecule has 2 nitrogen and oxygen atoms in total. The van der Waals surface area contributed by atoms with Crippen molar-refractivity contribution in [3.05, 3.63) is 118 Å². The van der Waals surface area contributed by atoms with Crippen LogP contribution in [-0.2, 0) is 6.42 Å². The van der Waals surface area contributed by atoms with Gasteiger partial charge in [0.2, 0.25) is 5.56 Å². The Morgan fingerprint density at radius 1 is 0.714 bits per heavy atom. The van der Waals surface area contributed by atoms with Crippen molar-refractivity contribution in [1.82, 2.24) is 4.98 Å². The van der Waals surface area contributed by atoms with E-state index in [9.17, 15) is 13.6 Å². The molecule has 0 bridgehead atoms. The monoisotopic (exact) mass is 373 g/mol. The van der Waals surface area contributed by atoms with E-state index in [0.29, 0.717) is 6.42 Å². The molecule has 0 atom stereocenters. The number of rotatable bonds is 4. The molecule has 0 saturated carbocycles. The minimum absolute atomic E-state index is 0.150.